The van der Waals surface area contributed by atoms with E-state index in [1.54, 1.807) is 0 Å². The van der Waals surface area contributed by atoms with Crippen molar-refractivity contribution in [1.29, 1.82) is 0 Å². The highest BCUT2D eigenvalue weighted by Gasteiger charge is 2.17. The fraction of sp³-hybridized carbons (Fsp3) is 0.500. The first-order valence-corrected chi connectivity index (χ1v) is 6.47. The largest absolute Gasteiger partial charge is 0.465 e. The molecule has 0 bridgehead atoms. The van der Waals surface area contributed by atoms with Crippen LogP contribution in [0.15, 0.2) is 12.1 Å². The molecule has 0 unspecified atom stereocenters. The van der Waals surface area contributed by atoms with Crippen LogP contribution in [0.3, 0.4) is 0 Å². The van der Waals surface area contributed by atoms with Gasteiger partial charge in [0.2, 0.25) is 0 Å². The van der Waals surface area contributed by atoms with Gasteiger partial charge in [0.1, 0.15) is 5.82 Å². The highest BCUT2D eigenvalue weighted by Crippen LogP contribution is 2.26. The van der Waals surface area contributed by atoms with E-state index in [1.165, 1.54) is 19.2 Å². The number of carbonyl (C=O) groups is 1. The quantitative estimate of drug-likeness (QED) is 0.636. The third-order valence-electron chi connectivity index (χ3n) is 2.85. The molecule has 0 aliphatic heterocycles. The monoisotopic (exact) mass is 268 g/mol. The van der Waals surface area contributed by atoms with Crippen molar-refractivity contribution < 1.29 is 13.9 Å². The van der Waals surface area contributed by atoms with E-state index in [0.717, 1.165) is 25.9 Å². The van der Waals surface area contributed by atoms with E-state index in [9.17, 15) is 9.18 Å². The van der Waals surface area contributed by atoms with Crippen molar-refractivity contribution in [3.63, 3.8) is 0 Å². The van der Waals surface area contributed by atoms with Crippen molar-refractivity contribution in [2.24, 2.45) is 0 Å². The molecule has 0 spiro atoms. The minimum absolute atomic E-state index is 0.0982. The maximum absolute atomic E-state index is 14.0. The minimum atomic E-state index is -0.549. The molecule has 0 atom stereocenters. The number of nitrogen functional groups attached to an aromatic ring is 1. The van der Waals surface area contributed by atoms with Gasteiger partial charge in [-0.05, 0) is 25.0 Å². The summed E-state index contributed by atoms with van der Waals surface area (Å²) in [7, 11) is 1.28. The van der Waals surface area contributed by atoms with Crippen LogP contribution in [0.2, 0.25) is 0 Å². The van der Waals surface area contributed by atoms with Gasteiger partial charge in [0.15, 0.2) is 0 Å². The first kappa shape index (κ1) is 15.3. The second kappa shape index (κ2) is 6.97. The van der Waals surface area contributed by atoms with Crippen molar-refractivity contribution in [1.82, 2.24) is 0 Å². The summed E-state index contributed by atoms with van der Waals surface area (Å²) in [5.41, 5.74) is 6.36. The molecule has 0 amide bonds. The normalized spacial score (nSPS) is 10.3. The van der Waals surface area contributed by atoms with Crippen molar-refractivity contribution in [2.75, 3.05) is 30.8 Å². The van der Waals surface area contributed by atoms with E-state index in [0.29, 0.717) is 5.69 Å². The van der Waals surface area contributed by atoms with E-state index in [1.807, 2.05) is 18.7 Å². The number of hydrogen-bond acceptors (Lipinski definition) is 4. The number of halogens is 1. The Morgan fingerprint density at radius 1 is 1.32 bits per heavy atom. The smallest absolute Gasteiger partial charge is 0.340 e. The summed E-state index contributed by atoms with van der Waals surface area (Å²) in [6.07, 6.45) is 1.80. The second-order valence-electron chi connectivity index (χ2n) is 4.37. The summed E-state index contributed by atoms with van der Waals surface area (Å²) >= 11 is 0. The Kier molecular flexibility index (Phi) is 5.60. The van der Waals surface area contributed by atoms with E-state index in [4.69, 9.17) is 5.73 Å². The number of esters is 1. The van der Waals surface area contributed by atoms with Crippen LogP contribution in [0.1, 0.15) is 37.0 Å². The number of rotatable bonds is 6. The van der Waals surface area contributed by atoms with Crippen LogP contribution in [0.4, 0.5) is 15.8 Å². The molecule has 0 radical (unpaired) electrons. The van der Waals surface area contributed by atoms with Gasteiger partial charge in [-0.1, -0.05) is 13.8 Å². The molecule has 0 aliphatic carbocycles. The molecule has 2 N–H and O–H groups in total. The maximum atomic E-state index is 14.0. The lowest BCUT2D eigenvalue weighted by atomic mass is 10.1. The Bertz CT molecular complexity index is 443. The van der Waals surface area contributed by atoms with Crippen molar-refractivity contribution in [3.05, 3.63) is 23.5 Å². The van der Waals surface area contributed by atoms with Crippen molar-refractivity contribution in [3.8, 4) is 0 Å². The van der Waals surface area contributed by atoms with Crippen LogP contribution in [-0.4, -0.2) is 26.2 Å². The predicted molar refractivity (Wildman–Crippen MR) is 74.9 cm³/mol. The molecule has 106 valence electrons. The molecule has 4 nitrogen and oxygen atoms in total. The predicted octanol–water partition coefficient (Wildman–Crippen LogP) is 2.82. The number of methoxy groups -OCH3 is 1. The molecular formula is C14H21FN2O2. The van der Waals surface area contributed by atoms with Crippen LogP contribution in [0.25, 0.3) is 0 Å². The summed E-state index contributed by atoms with van der Waals surface area (Å²) < 4.78 is 18.7. The Morgan fingerprint density at radius 2 is 1.89 bits per heavy atom. The van der Waals surface area contributed by atoms with Crippen LogP contribution >= 0.6 is 0 Å². The van der Waals surface area contributed by atoms with Gasteiger partial charge in [-0.25, -0.2) is 9.18 Å². The van der Waals surface area contributed by atoms with E-state index >= 15 is 0 Å². The standard InChI is InChI=1S/C14H21FN2O2/c1-4-6-17(7-5-2)13-8-10(14(18)19-3)12(16)9-11(13)15/h8-9H,4-7,16H2,1-3H3. The topological polar surface area (TPSA) is 55.6 Å². The zero-order chi connectivity index (χ0) is 14.4. The summed E-state index contributed by atoms with van der Waals surface area (Å²) in [5.74, 6) is -0.959. The molecular weight excluding hydrogens is 247 g/mol. The Morgan fingerprint density at radius 3 is 2.37 bits per heavy atom. The molecule has 1 aromatic rings. The lowest BCUT2D eigenvalue weighted by molar-refractivity contribution is 0.0602. The molecule has 1 aromatic carbocycles. The number of benzene rings is 1. The number of nitrogens with two attached hydrogens (primary N) is 1. The molecule has 0 heterocycles. The molecule has 0 fully saturated rings. The number of carbonyl (C=O) groups excluding carboxylic acids is 1. The van der Waals surface area contributed by atoms with Crippen LogP contribution < -0.4 is 10.6 Å². The van der Waals surface area contributed by atoms with E-state index in [-0.39, 0.29) is 11.3 Å². The average Bonchev–Trinajstić information content (AvgIpc) is 2.38. The highest BCUT2D eigenvalue weighted by molar-refractivity contribution is 5.96. The summed E-state index contributed by atoms with van der Waals surface area (Å²) in [4.78, 5) is 13.5. The van der Waals surface area contributed by atoms with Gasteiger partial charge in [0.05, 0.1) is 18.4 Å². The number of anilines is 2. The summed E-state index contributed by atoms with van der Waals surface area (Å²) in [6.45, 7) is 5.52. The second-order valence-corrected chi connectivity index (χ2v) is 4.37. The zero-order valence-electron chi connectivity index (χ0n) is 11.7. The molecule has 5 heteroatoms. The van der Waals surface area contributed by atoms with Gasteiger partial charge in [-0.2, -0.15) is 0 Å². The zero-order valence-corrected chi connectivity index (χ0v) is 11.7. The van der Waals surface area contributed by atoms with Gasteiger partial charge < -0.3 is 15.4 Å². The lowest BCUT2D eigenvalue weighted by Crippen LogP contribution is -2.26. The minimum Gasteiger partial charge on any atom is -0.465 e. The number of ether oxygens (including phenoxy) is 1. The molecule has 1 rings (SSSR count). The molecule has 19 heavy (non-hydrogen) atoms. The summed E-state index contributed by atoms with van der Waals surface area (Å²) in [5, 5.41) is 0. The van der Waals surface area contributed by atoms with E-state index in [2.05, 4.69) is 4.74 Å². The maximum Gasteiger partial charge on any atom is 0.340 e. The molecule has 0 saturated carbocycles. The van der Waals surface area contributed by atoms with Crippen LogP contribution in [-0.2, 0) is 4.74 Å². The fourth-order valence-corrected chi connectivity index (χ4v) is 2.00. The third kappa shape index (κ3) is 3.59. The van der Waals surface area contributed by atoms with Gasteiger partial charge in [0.25, 0.3) is 0 Å². The Labute approximate surface area is 113 Å². The molecule has 0 aliphatic rings. The van der Waals surface area contributed by atoms with Gasteiger partial charge in [-0.3, -0.25) is 0 Å². The molecule has 0 saturated heterocycles. The molecule has 0 aromatic heterocycles. The SMILES string of the molecule is CCCN(CCC)c1cc(C(=O)OC)c(N)cc1F. The number of nitrogens with zero attached hydrogens (tertiary/aromatic N) is 1. The van der Waals surface area contributed by atoms with Gasteiger partial charge >= 0.3 is 5.97 Å². The Hall–Kier alpha value is -1.78. The average molecular weight is 268 g/mol. The van der Waals surface area contributed by atoms with Crippen molar-refractivity contribution >= 4 is 17.3 Å². The summed E-state index contributed by atoms with van der Waals surface area (Å²) in [6, 6.07) is 2.65. The van der Waals surface area contributed by atoms with Gasteiger partial charge in [-0.15, -0.1) is 0 Å². The highest BCUT2D eigenvalue weighted by atomic mass is 19.1. The first-order valence-electron chi connectivity index (χ1n) is 6.47. The van der Waals surface area contributed by atoms with Gasteiger partial charge in [0, 0.05) is 18.8 Å². The number of hydrogen-bond donors (Lipinski definition) is 1. The van der Waals surface area contributed by atoms with Crippen LogP contribution in [0.5, 0.6) is 0 Å². The Balaban J connectivity index is 3.21. The first-order chi connectivity index (χ1) is 9.04. The lowest BCUT2D eigenvalue weighted by Gasteiger charge is -2.25. The fourth-order valence-electron chi connectivity index (χ4n) is 2.00. The van der Waals surface area contributed by atoms with Crippen molar-refractivity contribution in [2.45, 2.75) is 26.7 Å². The third-order valence-corrected chi connectivity index (χ3v) is 2.85. The van der Waals surface area contributed by atoms with E-state index < -0.39 is 11.8 Å². The van der Waals surface area contributed by atoms with Crippen LogP contribution in [0, 0.1) is 5.82 Å².